The second-order valence-electron chi connectivity index (χ2n) is 13.7. The largest absolute Gasteiger partial charge is 0.481 e. The van der Waals surface area contributed by atoms with Crippen LogP contribution in [0.5, 0.6) is 0 Å². The van der Waals surface area contributed by atoms with Gasteiger partial charge in [-0.3, -0.25) is 38.4 Å². The maximum absolute atomic E-state index is 13.3. The summed E-state index contributed by atoms with van der Waals surface area (Å²) >= 11 is 3.83. The van der Waals surface area contributed by atoms with Crippen molar-refractivity contribution >= 4 is 78.4 Å². The molecule has 6 amide bonds. The first-order valence-electron chi connectivity index (χ1n) is 19.7. The van der Waals surface area contributed by atoms with E-state index in [-0.39, 0.29) is 90.1 Å². The number of benzene rings is 1. The van der Waals surface area contributed by atoms with Gasteiger partial charge in [-0.2, -0.15) is 12.6 Å². The molecule has 0 bridgehead atoms. The molecule has 26 heteroatoms. The number of nitrogens with one attached hydrogen (secondary N) is 6. The molecule has 0 fully saturated rings. The molecular formula is C38H55N7O18S. The number of carboxylic acid groups (broad SMARTS) is 4. The van der Waals surface area contributed by atoms with Gasteiger partial charge in [0.15, 0.2) is 12.0 Å². The van der Waals surface area contributed by atoms with Gasteiger partial charge in [-0.1, -0.05) is 30.3 Å². The molecule has 1 aromatic rings. The number of carbonyl (C=O) groups is 11. The number of hydrogen-bond acceptors (Lipinski definition) is 16. The molecule has 0 spiro atoms. The molecular weight excluding hydrogens is 875 g/mol. The van der Waals surface area contributed by atoms with Crippen LogP contribution in [-0.4, -0.2) is 161 Å². The van der Waals surface area contributed by atoms with E-state index < -0.39 is 109 Å². The number of nitrogens with two attached hydrogens (primary N) is 1. The second kappa shape index (κ2) is 31.5. The maximum atomic E-state index is 13.3. The van der Waals surface area contributed by atoms with Crippen LogP contribution in [0.4, 0.5) is 4.79 Å². The molecule has 0 saturated carbocycles. The molecule has 0 heterocycles. The number of ether oxygens (including phenoxy) is 3. The Morgan fingerprint density at radius 1 is 0.641 bits per heavy atom. The topological polar surface area (TPSA) is 395 Å². The number of ketones is 1. The van der Waals surface area contributed by atoms with Crippen molar-refractivity contribution in [1.29, 1.82) is 0 Å². The summed E-state index contributed by atoms with van der Waals surface area (Å²) in [6.45, 7) is 0.153. The van der Waals surface area contributed by atoms with Gasteiger partial charge in [0.25, 0.3) is 6.47 Å². The summed E-state index contributed by atoms with van der Waals surface area (Å²) in [5.74, 6) is -9.50. The van der Waals surface area contributed by atoms with Crippen LogP contribution in [0.15, 0.2) is 30.3 Å². The lowest BCUT2D eigenvalue weighted by Gasteiger charge is -2.22. The van der Waals surface area contributed by atoms with Crippen LogP contribution in [0.25, 0.3) is 0 Å². The van der Waals surface area contributed by atoms with Crippen molar-refractivity contribution in [3.05, 3.63) is 35.9 Å². The fraction of sp³-hybridized carbons (Fsp3) is 0.553. The van der Waals surface area contributed by atoms with Gasteiger partial charge in [-0.25, -0.2) is 14.4 Å². The maximum Gasteiger partial charge on any atom is 0.327 e. The van der Waals surface area contributed by atoms with E-state index in [4.69, 9.17) is 25.4 Å². The lowest BCUT2D eigenvalue weighted by atomic mass is 9.97. The van der Waals surface area contributed by atoms with E-state index in [9.17, 15) is 63.0 Å². The lowest BCUT2D eigenvalue weighted by Crippen LogP contribution is -2.55. The van der Waals surface area contributed by atoms with Gasteiger partial charge in [0, 0.05) is 38.0 Å². The Balaban J connectivity index is 2.52. The van der Waals surface area contributed by atoms with Crippen molar-refractivity contribution in [1.82, 2.24) is 31.9 Å². The normalized spacial score (nSPS) is 13.5. The van der Waals surface area contributed by atoms with E-state index in [2.05, 4.69) is 49.3 Å². The molecule has 0 saturated heterocycles. The third kappa shape index (κ3) is 24.9. The van der Waals surface area contributed by atoms with Crippen molar-refractivity contribution in [2.24, 2.45) is 5.73 Å². The Kier molecular flexibility index (Phi) is 27.3. The van der Waals surface area contributed by atoms with Gasteiger partial charge in [0.1, 0.15) is 18.1 Å². The summed E-state index contributed by atoms with van der Waals surface area (Å²) in [7, 11) is 0. The number of urea groups is 1. The molecule has 12 N–H and O–H groups in total. The highest BCUT2D eigenvalue weighted by Gasteiger charge is 2.30. The number of carboxylic acids is 4. The van der Waals surface area contributed by atoms with Crippen molar-refractivity contribution in [3.8, 4) is 0 Å². The Labute approximate surface area is 371 Å². The number of hydrogen-bond donors (Lipinski definition) is 12. The van der Waals surface area contributed by atoms with E-state index in [0.717, 1.165) is 0 Å². The van der Waals surface area contributed by atoms with E-state index in [1.54, 1.807) is 30.3 Å². The van der Waals surface area contributed by atoms with Crippen LogP contribution in [-0.2, 0) is 68.6 Å². The predicted octanol–water partition coefficient (Wildman–Crippen LogP) is -2.71. The first-order valence-corrected chi connectivity index (χ1v) is 20.3. The van der Waals surface area contributed by atoms with Crippen LogP contribution in [0.1, 0.15) is 56.9 Å². The fourth-order valence-corrected chi connectivity index (χ4v) is 5.55. The molecule has 0 aliphatic heterocycles. The summed E-state index contributed by atoms with van der Waals surface area (Å²) in [6.07, 6.45) is -4.13. The number of rotatable bonds is 35. The average molecular weight is 930 g/mol. The predicted molar refractivity (Wildman–Crippen MR) is 221 cm³/mol. The monoisotopic (exact) mass is 929 g/mol. The van der Waals surface area contributed by atoms with Gasteiger partial charge >= 0.3 is 29.9 Å². The number of carbonyl (C=O) groups excluding carboxylic acids is 7. The molecule has 0 aliphatic rings. The molecule has 356 valence electrons. The lowest BCUT2D eigenvalue weighted by molar-refractivity contribution is -0.143. The highest BCUT2D eigenvalue weighted by atomic mass is 32.1. The Morgan fingerprint density at radius 3 is 1.88 bits per heavy atom. The molecule has 1 rings (SSSR count). The SMILES string of the molecule is N[C@@H](CCC(=O)[C@H](Cc1ccccc1)NC(=O)CCOCCOCCNC(=O)CC[C@H](NC(=O)N[C@@H](CCC(=O)O)OC=O)C(=O)O)C(=O)N[C@@H](CC(=O)O)C(=O)N[C@@H](CS)C(=O)O. The van der Waals surface area contributed by atoms with Gasteiger partial charge < -0.3 is 72.3 Å². The molecule has 0 aromatic heterocycles. The van der Waals surface area contributed by atoms with Gasteiger partial charge in [-0.05, 0) is 24.8 Å². The standard InChI is InChI=1S/C38H55N7O18S/c39-23(34(54)42-26(19-33(52)53)35(55)43-27(20-64)37(58)59)6-8-28(47)25(18-22-4-2-1-3-5-22)41-30(49)12-14-61-16-17-62-15-13-40-29(48)9-7-24(36(56)57)44-38(60)45-31(63-21-46)10-11-32(50)51/h1-5,21,23-27,31,64H,6-20,39H2,(H,40,48)(H,41,49)(H,42,54)(H,43,55)(H,50,51)(H,52,53)(H,56,57)(H,58,59)(H2,44,45,60)/t23-,24-,25-,26-,27-,31+/m0/s1. The molecule has 1 aromatic carbocycles. The fourth-order valence-electron chi connectivity index (χ4n) is 5.30. The van der Waals surface area contributed by atoms with Gasteiger partial charge in [0.2, 0.25) is 23.6 Å². The van der Waals surface area contributed by atoms with E-state index in [1.165, 1.54) is 0 Å². The number of Topliss-reactive ketones (excluding diaryl/α,β-unsaturated/α-hetero) is 1. The highest BCUT2D eigenvalue weighted by Crippen LogP contribution is 2.09. The zero-order valence-corrected chi connectivity index (χ0v) is 35.5. The Morgan fingerprint density at radius 2 is 1.28 bits per heavy atom. The summed E-state index contributed by atoms with van der Waals surface area (Å²) in [5.41, 5.74) is 6.67. The smallest absolute Gasteiger partial charge is 0.327 e. The van der Waals surface area contributed by atoms with Crippen LogP contribution in [0.3, 0.4) is 0 Å². The number of thiol groups is 1. The van der Waals surface area contributed by atoms with Crippen LogP contribution in [0.2, 0.25) is 0 Å². The quantitative estimate of drug-likeness (QED) is 0.0142. The minimum Gasteiger partial charge on any atom is -0.481 e. The van der Waals surface area contributed by atoms with Crippen LogP contribution < -0.4 is 37.6 Å². The zero-order valence-electron chi connectivity index (χ0n) is 34.6. The first kappa shape index (κ1) is 55.6. The van der Waals surface area contributed by atoms with Crippen molar-refractivity contribution < 1.29 is 87.4 Å². The van der Waals surface area contributed by atoms with Gasteiger partial charge in [0.05, 0.1) is 51.4 Å². The first-order chi connectivity index (χ1) is 30.4. The van der Waals surface area contributed by atoms with E-state index >= 15 is 0 Å². The molecule has 64 heavy (non-hydrogen) atoms. The third-order valence-electron chi connectivity index (χ3n) is 8.66. The van der Waals surface area contributed by atoms with Crippen molar-refractivity contribution in [2.45, 2.75) is 94.2 Å². The Hall–Kier alpha value is -6.38. The molecule has 25 nitrogen and oxygen atoms in total. The van der Waals surface area contributed by atoms with Crippen molar-refractivity contribution in [3.63, 3.8) is 0 Å². The van der Waals surface area contributed by atoms with E-state index in [1.807, 2.05) is 0 Å². The average Bonchev–Trinajstić information content (AvgIpc) is 3.23. The summed E-state index contributed by atoms with van der Waals surface area (Å²) < 4.78 is 15.4. The molecule has 0 aliphatic carbocycles. The summed E-state index contributed by atoms with van der Waals surface area (Å²) in [6, 6.07) is 0.603. The second-order valence-corrected chi connectivity index (χ2v) is 14.1. The molecule has 6 atom stereocenters. The van der Waals surface area contributed by atoms with Crippen molar-refractivity contribution in [2.75, 3.05) is 38.7 Å². The molecule has 0 radical (unpaired) electrons. The number of aliphatic carboxylic acids is 4. The zero-order chi connectivity index (χ0) is 48.0. The van der Waals surface area contributed by atoms with Gasteiger partial charge in [-0.15, -0.1) is 0 Å². The summed E-state index contributed by atoms with van der Waals surface area (Å²) in [4.78, 5) is 131. The minimum atomic E-state index is -1.68. The highest BCUT2D eigenvalue weighted by molar-refractivity contribution is 7.80. The summed E-state index contributed by atoms with van der Waals surface area (Å²) in [5, 5.41) is 50.2. The Bertz CT molecular complexity index is 1740. The molecule has 0 unspecified atom stereocenters. The minimum absolute atomic E-state index is 0.00783. The van der Waals surface area contributed by atoms with Crippen LogP contribution >= 0.6 is 12.6 Å². The third-order valence-corrected chi connectivity index (χ3v) is 9.03. The van der Waals surface area contributed by atoms with E-state index in [0.29, 0.717) is 5.56 Å². The van der Waals surface area contributed by atoms with Crippen LogP contribution in [0, 0.1) is 0 Å². The number of amides is 6.